The Morgan fingerprint density at radius 2 is 2.12 bits per heavy atom. The quantitative estimate of drug-likeness (QED) is 0.871. The summed E-state index contributed by atoms with van der Waals surface area (Å²) in [4.78, 5) is 19.3. The third-order valence-electron chi connectivity index (χ3n) is 2.25. The fourth-order valence-electron chi connectivity index (χ4n) is 1.43. The summed E-state index contributed by atoms with van der Waals surface area (Å²) in [6.07, 6.45) is 3.01. The van der Waals surface area contributed by atoms with E-state index >= 15 is 0 Å². The molecule has 0 saturated heterocycles. The molecule has 0 aliphatic carbocycles. The summed E-state index contributed by atoms with van der Waals surface area (Å²) in [6, 6.07) is 6.81. The Morgan fingerprint density at radius 3 is 2.71 bits per heavy atom. The SMILES string of the molecule is COc1cnc(-c2ccccn2)cc1C(=O)O. The molecule has 2 heterocycles. The summed E-state index contributed by atoms with van der Waals surface area (Å²) in [6.45, 7) is 0. The largest absolute Gasteiger partial charge is 0.494 e. The summed E-state index contributed by atoms with van der Waals surface area (Å²) in [5, 5.41) is 9.04. The highest BCUT2D eigenvalue weighted by atomic mass is 16.5. The third-order valence-corrected chi connectivity index (χ3v) is 2.25. The van der Waals surface area contributed by atoms with Gasteiger partial charge in [-0.1, -0.05) is 6.07 Å². The number of aromatic nitrogens is 2. The lowest BCUT2D eigenvalue weighted by molar-refractivity contribution is 0.0693. The van der Waals surface area contributed by atoms with Crippen LogP contribution in [0.3, 0.4) is 0 Å². The van der Waals surface area contributed by atoms with Crippen molar-refractivity contribution in [3.05, 3.63) is 42.2 Å². The van der Waals surface area contributed by atoms with Gasteiger partial charge in [-0.25, -0.2) is 4.79 Å². The van der Waals surface area contributed by atoms with E-state index in [9.17, 15) is 4.79 Å². The van der Waals surface area contributed by atoms with Gasteiger partial charge in [0.1, 0.15) is 5.56 Å². The molecule has 0 atom stereocenters. The molecule has 17 heavy (non-hydrogen) atoms. The van der Waals surface area contributed by atoms with Crippen molar-refractivity contribution < 1.29 is 14.6 Å². The van der Waals surface area contributed by atoms with Crippen molar-refractivity contribution in [1.82, 2.24) is 9.97 Å². The highest BCUT2D eigenvalue weighted by molar-refractivity contribution is 5.91. The molecule has 0 radical (unpaired) electrons. The molecule has 0 aliphatic heterocycles. The second kappa shape index (κ2) is 4.61. The van der Waals surface area contributed by atoms with Crippen LogP contribution in [0.25, 0.3) is 11.4 Å². The number of rotatable bonds is 3. The highest BCUT2D eigenvalue weighted by Crippen LogP contribution is 2.22. The lowest BCUT2D eigenvalue weighted by atomic mass is 10.1. The summed E-state index contributed by atoms with van der Waals surface area (Å²) in [5.74, 6) is -0.821. The Hall–Kier alpha value is -2.43. The minimum absolute atomic E-state index is 0.0724. The number of carboxylic acid groups (broad SMARTS) is 1. The van der Waals surface area contributed by atoms with E-state index in [4.69, 9.17) is 9.84 Å². The molecule has 0 bridgehead atoms. The van der Waals surface area contributed by atoms with Gasteiger partial charge in [-0.15, -0.1) is 0 Å². The zero-order chi connectivity index (χ0) is 12.3. The summed E-state index contributed by atoms with van der Waals surface area (Å²) in [7, 11) is 1.41. The molecule has 5 nitrogen and oxygen atoms in total. The number of nitrogens with zero attached hydrogens (tertiary/aromatic N) is 2. The van der Waals surface area contributed by atoms with Crippen molar-refractivity contribution in [3.63, 3.8) is 0 Å². The minimum atomic E-state index is -1.05. The number of hydrogen-bond donors (Lipinski definition) is 1. The van der Waals surface area contributed by atoms with Crippen LogP contribution >= 0.6 is 0 Å². The van der Waals surface area contributed by atoms with E-state index < -0.39 is 5.97 Å². The Kier molecular flexibility index (Phi) is 3.00. The smallest absolute Gasteiger partial charge is 0.339 e. The Morgan fingerprint density at radius 1 is 1.29 bits per heavy atom. The maximum Gasteiger partial charge on any atom is 0.339 e. The Labute approximate surface area is 97.7 Å². The molecule has 2 rings (SSSR count). The van der Waals surface area contributed by atoms with Gasteiger partial charge in [0.05, 0.1) is 24.7 Å². The summed E-state index contributed by atoms with van der Waals surface area (Å²) >= 11 is 0. The highest BCUT2D eigenvalue weighted by Gasteiger charge is 2.13. The molecule has 2 aromatic heterocycles. The molecule has 0 aromatic carbocycles. The molecule has 0 spiro atoms. The van der Waals surface area contributed by atoms with Crippen LogP contribution in [0.15, 0.2) is 36.7 Å². The Balaban J connectivity index is 2.51. The van der Waals surface area contributed by atoms with Crippen molar-refractivity contribution >= 4 is 5.97 Å². The second-order valence-corrected chi connectivity index (χ2v) is 3.29. The number of pyridine rings is 2. The van der Waals surface area contributed by atoms with Crippen LogP contribution in [0.4, 0.5) is 0 Å². The zero-order valence-corrected chi connectivity index (χ0v) is 9.12. The van der Waals surface area contributed by atoms with E-state index in [-0.39, 0.29) is 11.3 Å². The molecule has 2 aromatic rings. The molecule has 0 aliphatic rings. The van der Waals surface area contributed by atoms with E-state index in [1.807, 2.05) is 6.07 Å². The predicted octanol–water partition coefficient (Wildman–Crippen LogP) is 1.85. The first kappa shape index (κ1) is 11.1. The normalized spacial score (nSPS) is 9.94. The van der Waals surface area contributed by atoms with Crippen molar-refractivity contribution in [1.29, 1.82) is 0 Å². The van der Waals surface area contributed by atoms with E-state index in [0.29, 0.717) is 11.4 Å². The van der Waals surface area contributed by atoms with Crippen molar-refractivity contribution in [2.45, 2.75) is 0 Å². The molecule has 5 heteroatoms. The summed E-state index contributed by atoms with van der Waals surface area (Å²) < 4.78 is 4.93. The van der Waals surface area contributed by atoms with E-state index in [1.165, 1.54) is 19.4 Å². The standard InChI is InChI=1S/C12H10N2O3/c1-17-11-7-14-10(6-8(11)12(15)16)9-4-2-3-5-13-9/h2-7H,1H3,(H,15,16). The van der Waals surface area contributed by atoms with Gasteiger partial charge in [0.25, 0.3) is 0 Å². The number of aromatic carboxylic acids is 1. The number of carboxylic acids is 1. The van der Waals surface area contributed by atoms with E-state index in [0.717, 1.165) is 0 Å². The minimum Gasteiger partial charge on any atom is -0.494 e. The van der Waals surface area contributed by atoms with E-state index in [2.05, 4.69) is 9.97 Å². The number of ether oxygens (including phenoxy) is 1. The van der Waals surface area contributed by atoms with Crippen LogP contribution in [0.5, 0.6) is 5.75 Å². The second-order valence-electron chi connectivity index (χ2n) is 3.29. The topological polar surface area (TPSA) is 72.3 Å². The number of methoxy groups -OCH3 is 1. The zero-order valence-electron chi connectivity index (χ0n) is 9.12. The van der Waals surface area contributed by atoms with Crippen molar-refractivity contribution in [2.75, 3.05) is 7.11 Å². The summed E-state index contributed by atoms with van der Waals surface area (Å²) in [5.41, 5.74) is 1.20. The molecule has 86 valence electrons. The van der Waals surface area contributed by atoms with Gasteiger partial charge in [0, 0.05) is 6.20 Å². The van der Waals surface area contributed by atoms with Gasteiger partial charge in [-0.05, 0) is 18.2 Å². The van der Waals surface area contributed by atoms with Crippen molar-refractivity contribution in [2.24, 2.45) is 0 Å². The fraction of sp³-hybridized carbons (Fsp3) is 0.0833. The van der Waals surface area contributed by atoms with Gasteiger partial charge in [0.2, 0.25) is 0 Å². The van der Waals surface area contributed by atoms with Gasteiger partial charge in [-0.3, -0.25) is 9.97 Å². The third kappa shape index (κ3) is 2.23. The maximum absolute atomic E-state index is 11.0. The van der Waals surface area contributed by atoms with Crippen LogP contribution in [0, 0.1) is 0 Å². The van der Waals surface area contributed by atoms with Crippen LogP contribution in [0.2, 0.25) is 0 Å². The predicted molar refractivity (Wildman–Crippen MR) is 61.0 cm³/mol. The molecule has 1 N–H and O–H groups in total. The maximum atomic E-state index is 11.0. The van der Waals surface area contributed by atoms with Gasteiger partial charge in [-0.2, -0.15) is 0 Å². The molecule has 0 fully saturated rings. The van der Waals surface area contributed by atoms with Crippen molar-refractivity contribution in [3.8, 4) is 17.1 Å². The molecular formula is C12H10N2O3. The van der Waals surface area contributed by atoms with Gasteiger partial charge >= 0.3 is 5.97 Å². The number of carbonyl (C=O) groups is 1. The van der Waals surface area contributed by atoms with Crippen LogP contribution in [-0.2, 0) is 0 Å². The molecule has 0 saturated carbocycles. The van der Waals surface area contributed by atoms with Gasteiger partial charge in [0.15, 0.2) is 5.75 Å². The van der Waals surface area contributed by atoms with Crippen LogP contribution in [-0.4, -0.2) is 28.2 Å². The van der Waals surface area contributed by atoms with Crippen LogP contribution in [0.1, 0.15) is 10.4 Å². The number of hydrogen-bond acceptors (Lipinski definition) is 4. The molecular weight excluding hydrogens is 220 g/mol. The lowest BCUT2D eigenvalue weighted by Crippen LogP contribution is -2.02. The van der Waals surface area contributed by atoms with E-state index in [1.54, 1.807) is 18.3 Å². The molecule has 0 amide bonds. The first-order valence-corrected chi connectivity index (χ1v) is 4.91. The average Bonchev–Trinajstić information content (AvgIpc) is 2.39. The average molecular weight is 230 g/mol. The first-order valence-electron chi connectivity index (χ1n) is 4.91. The lowest BCUT2D eigenvalue weighted by Gasteiger charge is -2.06. The molecule has 0 unspecified atom stereocenters. The fourth-order valence-corrected chi connectivity index (χ4v) is 1.43. The monoisotopic (exact) mass is 230 g/mol. The van der Waals surface area contributed by atoms with Gasteiger partial charge < -0.3 is 9.84 Å². The van der Waals surface area contributed by atoms with Crippen LogP contribution < -0.4 is 4.74 Å². The first-order chi connectivity index (χ1) is 8.22. The Bertz CT molecular complexity index is 541.